The van der Waals surface area contributed by atoms with Gasteiger partial charge in [-0.3, -0.25) is 4.79 Å². The van der Waals surface area contributed by atoms with E-state index < -0.39 is 0 Å². The van der Waals surface area contributed by atoms with Crippen molar-refractivity contribution in [3.8, 4) is 22.5 Å². The molecular weight excluding hydrogens is 368 g/mol. The molecule has 2 aromatic carbocycles. The second kappa shape index (κ2) is 5.76. The number of aromatic nitrogens is 2. The summed E-state index contributed by atoms with van der Waals surface area (Å²) in [7, 11) is 0. The van der Waals surface area contributed by atoms with Crippen molar-refractivity contribution in [3.05, 3.63) is 75.1 Å². The molecule has 0 saturated heterocycles. The molecule has 0 radical (unpaired) electrons. The molecule has 4 aromatic rings. The summed E-state index contributed by atoms with van der Waals surface area (Å²) in [4.78, 5) is 15.7. The van der Waals surface area contributed by atoms with E-state index in [9.17, 15) is 4.79 Å². The van der Waals surface area contributed by atoms with Crippen molar-refractivity contribution in [2.45, 2.75) is 6.92 Å². The van der Waals surface area contributed by atoms with E-state index in [4.69, 9.17) is 4.52 Å². The van der Waals surface area contributed by atoms with Crippen LogP contribution in [-0.2, 0) is 0 Å². The van der Waals surface area contributed by atoms with Gasteiger partial charge < -0.3 is 9.51 Å². The zero-order valence-corrected chi connectivity index (χ0v) is 14.4. The topological polar surface area (TPSA) is 58.9 Å². The van der Waals surface area contributed by atoms with Gasteiger partial charge in [0.2, 0.25) is 0 Å². The molecule has 5 heteroatoms. The van der Waals surface area contributed by atoms with Gasteiger partial charge in [-0.05, 0) is 30.7 Å². The van der Waals surface area contributed by atoms with Crippen LogP contribution in [0.3, 0.4) is 0 Å². The maximum absolute atomic E-state index is 12.8. The van der Waals surface area contributed by atoms with Crippen LogP contribution in [0, 0.1) is 6.92 Å². The molecule has 1 N–H and O–H groups in total. The molecule has 0 atom stereocenters. The fourth-order valence-electron chi connectivity index (χ4n) is 2.89. The highest BCUT2D eigenvalue weighted by molar-refractivity contribution is 9.10. The second-order valence-electron chi connectivity index (χ2n) is 5.59. The summed E-state index contributed by atoms with van der Waals surface area (Å²) in [5, 5.41) is 4.87. The number of nitrogens with one attached hydrogen (secondary N) is 1. The minimum absolute atomic E-state index is 0.195. The first kappa shape index (κ1) is 14.9. The Bertz CT molecular complexity index is 1100. The summed E-state index contributed by atoms with van der Waals surface area (Å²) in [6.07, 6.45) is 0. The molecule has 0 amide bonds. The van der Waals surface area contributed by atoms with Gasteiger partial charge in [-0.15, -0.1) is 0 Å². The number of rotatable bonds is 2. The fraction of sp³-hybridized carbons (Fsp3) is 0.0526. The minimum Gasteiger partial charge on any atom is -0.356 e. The quantitative estimate of drug-likeness (QED) is 0.536. The zero-order chi connectivity index (χ0) is 16.7. The number of halogens is 1. The summed E-state index contributed by atoms with van der Waals surface area (Å²) in [6.45, 7) is 1.83. The van der Waals surface area contributed by atoms with Crippen LogP contribution in [0.15, 0.2) is 68.4 Å². The highest BCUT2D eigenvalue weighted by Gasteiger charge is 2.19. The van der Waals surface area contributed by atoms with E-state index in [2.05, 4.69) is 26.1 Å². The van der Waals surface area contributed by atoms with Crippen molar-refractivity contribution in [3.63, 3.8) is 0 Å². The van der Waals surface area contributed by atoms with Gasteiger partial charge in [-0.1, -0.05) is 51.4 Å². The van der Waals surface area contributed by atoms with E-state index in [1.54, 1.807) is 6.07 Å². The SMILES string of the molecule is Cc1cc(-c2c(-c3ccccc3)c3cc(Br)ccc3[nH]c2=O)on1. The maximum Gasteiger partial charge on any atom is 0.260 e. The third-order valence-corrected chi connectivity index (χ3v) is 4.41. The van der Waals surface area contributed by atoms with Gasteiger partial charge in [0.25, 0.3) is 5.56 Å². The van der Waals surface area contributed by atoms with Crippen molar-refractivity contribution >= 4 is 26.8 Å². The average molecular weight is 381 g/mol. The van der Waals surface area contributed by atoms with Crippen LogP contribution in [0.25, 0.3) is 33.4 Å². The molecule has 4 nitrogen and oxygen atoms in total. The van der Waals surface area contributed by atoms with Crippen LogP contribution in [-0.4, -0.2) is 10.1 Å². The van der Waals surface area contributed by atoms with E-state index in [0.717, 1.165) is 32.2 Å². The van der Waals surface area contributed by atoms with Gasteiger partial charge >= 0.3 is 0 Å². The number of aromatic amines is 1. The summed E-state index contributed by atoms with van der Waals surface area (Å²) in [5.41, 5.74) is 3.61. The van der Waals surface area contributed by atoms with Crippen molar-refractivity contribution in [2.24, 2.45) is 0 Å². The number of fused-ring (bicyclic) bond motifs is 1. The van der Waals surface area contributed by atoms with E-state index in [1.165, 1.54) is 0 Å². The van der Waals surface area contributed by atoms with E-state index in [0.29, 0.717) is 11.3 Å². The van der Waals surface area contributed by atoms with Crippen LogP contribution in [0.2, 0.25) is 0 Å². The summed E-state index contributed by atoms with van der Waals surface area (Å²) >= 11 is 3.51. The Morgan fingerprint density at radius 3 is 2.54 bits per heavy atom. The molecule has 0 fully saturated rings. The van der Waals surface area contributed by atoms with Gasteiger partial charge in [-0.25, -0.2) is 0 Å². The number of hydrogen-bond donors (Lipinski definition) is 1. The van der Waals surface area contributed by atoms with E-state index in [-0.39, 0.29) is 5.56 Å². The Hall–Kier alpha value is -2.66. The number of pyridine rings is 1. The van der Waals surface area contributed by atoms with Crippen LogP contribution < -0.4 is 5.56 Å². The lowest BCUT2D eigenvalue weighted by atomic mass is 9.95. The largest absolute Gasteiger partial charge is 0.356 e. The monoisotopic (exact) mass is 380 g/mol. The summed E-state index contributed by atoms with van der Waals surface area (Å²) in [6, 6.07) is 17.4. The van der Waals surface area contributed by atoms with Crippen molar-refractivity contribution < 1.29 is 4.52 Å². The maximum atomic E-state index is 12.8. The Morgan fingerprint density at radius 1 is 1.04 bits per heavy atom. The Morgan fingerprint density at radius 2 is 1.83 bits per heavy atom. The molecule has 0 aliphatic rings. The number of benzene rings is 2. The molecule has 2 aromatic heterocycles. The van der Waals surface area contributed by atoms with Gasteiger partial charge in [-0.2, -0.15) is 0 Å². The molecule has 0 aliphatic carbocycles. The van der Waals surface area contributed by atoms with Gasteiger partial charge in [0.15, 0.2) is 5.76 Å². The molecule has 4 rings (SSSR count). The second-order valence-corrected chi connectivity index (χ2v) is 6.51. The lowest BCUT2D eigenvalue weighted by Crippen LogP contribution is -2.11. The van der Waals surface area contributed by atoms with Crippen molar-refractivity contribution in [2.75, 3.05) is 0 Å². The predicted molar refractivity (Wildman–Crippen MR) is 97.9 cm³/mol. The third kappa shape index (κ3) is 2.47. The Labute approximate surface area is 146 Å². The molecule has 24 heavy (non-hydrogen) atoms. The molecule has 0 saturated carbocycles. The molecule has 0 aliphatic heterocycles. The molecule has 0 unspecified atom stereocenters. The highest BCUT2D eigenvalue weighted by atomic mass is 79.9. The first-order valence-corrected chi connectivity index (χ1v) is 8.27. The fourth-order valence-corrected chi connectivity index (χ4v) is 3.25. The Kier molecular flexibility index (Phi) is 3.58. The normalized spacial score (nSPS) is 11.1. The summed E-state index contributed by atoms with van der Waals surface area (Å²) in [5.74, 6) is 0.467. The third-order valence-electron chi connectivity index (χ3n) is 3.91. The number of hydrogen-bond acceptors (Lipinski definition) is 3. The average Bonchev–Trinajstić information content (AvgIpc) is 3.01. The number of nitrogens with zero attached hydrogens (tertiary/aromatic N) is 1. The molecule has 118 valence electrons. The molecule has 2 heterocycles. The van der Waals surface area contributed by atoms with E-state index >= 15 is 0 Å². The molecular formula is C19H13BrN2O2. The summed E-state index contributed by atoms with van der Waals surface area (Å²) < 4.78 is 6.33. The highest BCUT2D eigenvalue weighted by Crippen LogP contribution is 2.36. The Balaban J connectivity index is 2.18. The lowest BCUT2D eigenvalue weighted by molar-refractivity contribution is 0.427. The number of aryl methyl sites for hydroxylation is 1. The first-order valence-electron chi connectivity index (χ1n) is 7.48. The minimum atomic E-state index is -0.195. The molecule has 0 spiro atoms. The number of H-pyrrole nitrogens is 1. The van der Waals surface area contributed by atoms with Crippen molar-refractivity contribution in [1.82, 2.24) is 10.1 Å². The van der Waals surface area contributed by atoms with Gasteiger partial charge in [0.05, 0.1) is 11.3 Å². The standard InChI is InChI=1S/C19H13BrN2O2/c1-11-9-16(24-22-11)18-17(12-5-3-2-4-6-12)14-10-13(20)7-8-15(14)21-19(18)23/h2-10H,1H3,(H,21,23). The van der Waals surface area contributed by atoms with Crippen LogP contribution in [0.4, 0.5) is 0 Å². The predicted octanol–water partition coefficient (Wildman–Crippen LogP) is 4.92. The van der Waals surface area contributed by atoms with Crippen LogP contribution >= 0.6 is 15.9 Å². The first-order chi connectivity index (χ1) is 11.6. The molecule has 0 bridgehead atoms. The van der Waals surface area contributed by atoms with Gasteiger partial charge in [0.1, 0.15) is 0 Å². The van der Waals surface area contributed by atoms with E-state index in [1.807, 2.05) is 55.5 Å². The van der Waals surface area contributed by atoms with Crippen molar-refractivity contribution in [1.29, 1.82) is 0 Å². The smallest absolute Gasteiger partial charge is 0.260 e. The zero-order valence-electron chi connectivity index (χ0n) is 12.8. The van der Waals surface area contributed by atoms with Crippen LogP contribution in [0.5, 0.6) is 0 Å². The van der Waals surface area contributed by atoms with Gasteiger partial charge in [0, 0.05) is 27.0 Å². The van der Waals surface area contributed by atoms with Crippen LogP contribution in [0.1, 0.15) is 5.69 Å². The lowest BCUT2D eigenvalue weighted by Gasteiger charge is -2.11.